The number of hydrogen-bond donors (Lipinski definition) is 4. The van der Waals surface area contributed by atoms with Crippen molar-refractivity contribution >= 4 is 23.8 Å². The molecular weight excluding hydrogens is 244 g/mol. The lowest BCUT2D eigenvalue weighted by molar-refractivity contribution is -0.141. The third-order valence-corrected chi connectivity index (χ3v) is 2.24. The topological polar surface area (TPSA) is 147 Å². The Balaban J connectivity index is 4.40. The van der Waals surface area contributed by atoms with Gasteiger partial charge in [0.2, 0.25) is 11.8 Å². The van der Waals surface area contributed by atoms with Gasteiger partial charge in [-0.1, -0.05) is 6.92 Å². The second-order valence-electron chi connectivity index (χ2n) is 3.89. The average molecular weight is 260 g/mol. The number of primary amides is 1. The lowest BCUT2D eigenvalue weighted by Gasteiger charge is -2.17. The molecule has 0 aromatic carbocycles. The molecule has 0 saturated heterocycles. The van der Waals surface area contributed by atoms with E-state index < -0.39 is 35.7 Å². The third kappa shape index (κ3) is 6.46. The second-order valence-corrected chi connectivity index (χ2v) is 3.89. The van der Waals surface area contributed by atoms with Crippen molar-refractivity contribution in [2.24, 2.45) is 11.7 Å². The van der Waals surface area contributed by atoms with Gasteiger partial charge in [-0.15, -0.1) is 0 Å². The number of amides is 2. The number of hydrogen-bond acceptors (Lipinski definition) is 4. The van der Waals surface area contributed by atoms with Crippen molar-refractivity contribution in [1.82, 2.24) is 5.32 Å². The lowest BCUT2D eigenvalue weighted by Crippen LogP contribution is -2.46. The minimum atomic E-state index is -1.14. The highest BCUT2D eigenvalue weighted by Gasteiger charge is 2.23. The van der Waals surface area contributed by atoms with Crippen LogP contribution in [0.1, 0.15) is 26.2 Å². The maximum Gasteiger partial charge on any atom is 0.304 e. The zero-order valence-electron chi connectivity index (χ0n) is 9.88. The first-order valence-corrected chi connectivity index (χ1v) is 5.27. The highest BCUT2D eigenvalue weighted by Crippen LogP contribution is 2.04. The predicted molar refractivity (Wildman–Crippen MR) is 59.4 cm³/mol. The van der Waals surface area contributed by atoms with Gasteiger partial charge < -0.3 is 21.3 Å². The number of nitrogens with one attached hydrogen (secondary N) is 1. The van der Waals surface area contributed by atoms with Crippen molar-refractivity contribution in [3.05, 3.63) is 0 Å². The molecule has 0 aliphatic carbocycles. The van der Waals surface area contributed by atoms with Crippen LogP contribution in [0.3, 0.4) is 0 Å². The summed E-state index contributed by atoms with van der Waals surface area (Å²) in [6.45, 7) is 1.39. The number of carboxylic acids is 2. The molecule has 18 heavy (non-hydrogen) atoms. The molecule has 5 N–H and O–H groups in total. The van der Waals surface area contributed by atoms with E-state index in [1.165, 1.54) is 6.92 Å². The van der Waals surface area contributed by atoms with Crippen LogP contribution in [0.25, 0.3) is 0 Å². The summed E-state index contributed by atoms with van der Waals surface area (Å²) in [7, 11) is 0. The number of nitrogens with two attached hydrogens (primary N) is 1. The fourth-order valence-electron chi connectivity index (χ4n) is 1.22. The number of carbonyl (C=O) groups excluding carboxylic acids is 2. The SMILES string of the molecule is C[C@@H](CC(=O)O)C(=O)N[C@@H](CCC(=O)O)C(N)=O. The van der Waals surface area contributed by atoms with Crippen molar-refractivity contribution in [3.8, 4) is 0 Å². The number of aliphatic carboxylic acids is 2. The molecule has 0 bridgehead atoms. The van der Waals surface area contributed by atoms with E-state index >= 15 is 0 Å². The molecule has 8 nitrogen and oxygen atoms in total. The molecule has 0 fully saturated rings. The first-order chi connectivity index (χ1) is 8.23. The van der Waals surface area contributed by atoms with Crippen molar-refractivity contribution in [2.75, 3.05) is 0 Å². The normalized spacial score (nSPS) is 13.4. The summed E-state index contributed by atoms with van der Waals surface area (Å²) in [6, 6.07) is -1.11. The van der Waals surface area contributed by atoms with Gasteiger partial charge in [0.25, 0.3) is 0 Å². The van der Waals surface area contributed by atoms with Gasteiger partial charge in [0, 0.05) is 12.3 Å². The molecule has 0 aliphatic rings. The standard InChI is InChI=1S/C10H16N2O6/c1-5(4-8(15)16)10(18)12-6(9(11)17)2-3-7(13)14/h5-6H,2-4H2,1H3,(H2,11,17)(H,12,18)(H,13,14)(H,15,16)/t5-,6-/m0/s1. The van der Waals surface area contributed by atoms with Gasteiger partial charge in [0.15, 0.2) is 0 Å². The van der Waals surface area contributed by atoms with Crippen LogP contribution < -0.4 is 11.1 Å². The lowest BCUT2D eigenvalue weighted by atomic mass is 10.1. The van der Waals surface area contributed by atoms with Gasteiger partial charge in [-0.25, -0.2) is 0 Å². The Hall–Kier alpha value is -2.12. The Morgan fingerprint density at radius 3 is 2.11 bits per heavy atom. The summed E-state index contributed by atoms with van der Waals surface area (Å²) >= 11 is 0. The molecule has 0 saturated carbocycles. The molecule has 0 aromatic rings. The highest BCUT2D eigenvalue weighted by molar-refractivity contribution is 5.89. The van der Waals surface area contributed by atoms with Gasteiger partial charge in [0.05, 0.1) is 6.42 Å². The van der Waals surface area contributed by atoms with E-state index in [1.807, 2.05) is 0 Å². The van der Waals surface area contributed by atoms with E-state index in [-0.39, 0.29) is 19.3 Å². The van der Waals surface area contributed by atoms with E-state index in [1.54, 1.807) is 0 Å². The monoisotopic (exact) mass is 260 g/mol. The zero-order valence-corrected chi connectivity index (χ0v) is 9.88. The first-order valence-electron chi connectivity index (χ1n) is 5.27. The van der Waals surface area contributed by atoms with Crippen molar-refractivity contribution < 1.29 is 29.4 Å². The predicted octanol–water partition coefficient (Wildman–Crippen LogP) is -1.07. The first kappa shape index (κ1) is 15.9. The van der Waals surface area contributed by atoms with E-state index in [0.29, 0.717) is 0 Å². The van der Waals surface area contributed by atoms with Crippen LogP contribution in [0, 0.1) is 5.92 Å². The summed E-state index contributed by atoms with van der Waals surface area (Å²) in [5.74, 6) is -4.58. The third-order valence-electron chi connectivity index (χ3n) is 2.24. The van der Waals surface area contributed by atoms with E-state index in [0.717, 1.165) is 0 Å². The van der Waals surface area contributed by atoms with Gasteiger partial charge in [-0.2, -0.15) is 0 Å². The Kier molecular flexibility index (Phi) is 6.40. The molecule has 0 heterocycles. The molecule has 2 amide bonds. The fourth-order valence-corrected chi connectivity index (χ4v) is 1.22. The smallest absolute Gasteiger partial charge is 0.304 e. The maximum atomic E-state index is 11.5. The maximum absolute atomic E-state index is 11.5. The number of carboxylic acid groups (broad SMARTS) is 2. The molecule has 2 atom stereocenters. The van der Waals surface area contributed by atoms with Crippen LogP contribution in [-0.4, -0.2) is 40.0 Å². The Morgan fingerprint density at radius 1 is 1.17 bits per heavy atom. The molecule has 8 heteroatoms. The summed E-state index contributed by atoms with van der Waals surface area (Å²) < 4.78 is 0. The van der Waals surface area contributed by atoms with Gasteiger partial charge in [-0.05, 0) is 6.42 Å². The van der Waals surface area contributed by atoms with Crippen LogP contribution in [0.4, 0.5) is 0 Å². The minimum Gasteiger partial charge on any atom is -0.481 e. The molecule has 0 radical (unpaired) electrons. The quantitative estimate of drug-likeness (QED) is 0.437. The number of carbonyl (C=O) groups is 4. The van der Waals surface area contributed by atoms with Crippen LogP contribution in [-0.2, 0) is 19.2 Å². The Bertz CT molecular complexity index is 354. The van der Waals surface area contributed by atoms with Crippen LogP contribution >= 0.6 is 0 Å². The summed E-state index contributed by atoms with van der Waals surface area (Å²) in [5, 5.41) is 19.2. The van der Waals surface area contributed by atoms with E-state index in [4.69, 9.17) is 15.9 Å². The molecular formula is C10H16N2O6. The Morgan fingerprint density at radius 2 is 1.72 bits per heavy atom. The van der Waals surface area contributed by atoms with Crippen LogP contribution in [0.15, 0.2) is 0 Å². The highest BCUT2D eigenvalue weighted by atomic mass is 16.4. The van der Waals surface area contributed by atoms with E-state index in [2.05, 4.69) is 5.32 Å². The van der Waals surface area contributed by atoms with E-state index in [9.17, 15) is 19.2 Å². The van der Waals surface area contributed by atoms with Gasteiger partial charge in [0.1, 0.15) is 6.04 Å². The molecule has 0 spiro atoms. The summed E-state index contributed by atoms with van der Waals surface area (Å²) in [4.78, 5) is 43.2. The number of rotatable bonds is 8. The van der Waals surface area contributed by atoms with Crippen molar-refractivity contribution in [1.29, 1.82) is 0 Å². The van der Waals surface area contributed by atoms with Gasteiger partial charge in [-0.3, -0.25) is 19.2 Å². The summed E-state index contributed by atoms with van der Waals surface area (Å²) in [6.07, 6.45) is -0.826. The molecule has 0 unspecified atom stereocenters. The molecule has 102 valence electrons. The zero-order chi connectivity index (χ0) is 14.3. The molecule has 0 aromatic heterocycles. The Labute approximate surface area is 103 Å². The van der Waals surface area contributed by atoms with Crippen LogP contribution in [0.5, 0.6) is 0 Å². The van der Waals surface area contributed by atoms with Gasteiger partial charge >= 0.3 is 11.9 Å². The molecule has 0 aliphatic heterocycles. The van der Waals surface area contributed by atoms with Crippen molar-refractivity contribution in [2.45, 2.75) is 32.2 Å². The fraction of sp³-hybridized carbons (Fsp3) is 0.600. The second kappa shape index (κ2) is 7.25. The summed E-state index contributed by atoms with van der Waals surface area (Å²) in [5.41, 5.74) is 5.01. The van der Waals surface area contributed by atoms with Crippen molar-refractivity contribution in [3.63, 3.8) is 0 Å². The minimum absolute atomic E-state index is 0.129. The van der Waals surface area contributed by atoms with Crippen LogP contribution in [0.2, 0.25) is 0 Å². The largest absolute Gasteiger partial charge is 0.481 e. The molecule has 0 rings (SSSR count). The average Bonchev–Trinajstić information content (AvgIpc) is 2.21.